The van der Waals surface area contributed by atoms with Crippen LogP contribution in [0.2, 0.25) is 0 Å². The number of aryl methyl sites for hydroxylation is 1. The van der Waals surface area contributed by atoms with Gasteiger partial charge in [0.1, 0.15) is 23.4 Å². The fourth-order valence-electron chi connectivity index (χ4n) is 2.66. The van der Waals surface area contributed by atoms with Crippen molar-refractivity contribution in [3.8, 4) is 5.75 Å². The molecule has 0 spiro atoms. The van der Waals surface area contributed by atoms with Gasteiger partial charge in [-0.3, -0.25) is 9.69 Å². The van der Waals surface area contributed by atoms with Crippen molar-refractivity contribution < 1.29 is 13.9 Å². The second-order valence-electron chi connectivity index (χ2n) is 5.43. The molecule has 1 aromatic carbocycles. The van der Waals surface area contributed by atoms with E-state index >= 15 is 0 Å². The van der Waals surface area contributed by atoms with Crippen LogP contribution in [-0.2, 0) is 6.54 Å². The number of hydrogen-bond donors (Lipinski definition) is 1. The number of nitrogens with two attached hydrogens (primary N) is 1. The highest BCUT2D eigenvalue weighted by molar-refractivity contribution is 5.93. The molecule has 0 saturated carbocycles. The number of nitrogens with zero attached hydrogens (tertiary/aromatic N) is 1. The van der Waals surface area contributed by atoms with Crippen LogP contribution in [0.5, 0.6) is 5.75 Å². The predicted molar refractivity (Wildman–Crippen MR) is 85.4 cm³/mol. The van der Waals surface area contributed by atoms with Gasteiger partial charge in [0.15, 0.2) is 0 Å². The quantitative estimate of drug-likeness (QED) is 0.943. The Bertz CT molecular complexity index is 684. The molecule has 22 heavy (non-hydrogen) atoms. The normalized spacial score (nSPS) is 17.5. The zero-order valence-electron chi connectivity index (χ0n) is 12.5. The SMILES string of the molecule is Cc1cc2c(o1)CN(C)CC2Oc1cccc(C(N)=O)c1.Cl. The van der Waals surface area contributed by atoms with Crippen LogP contribution in [0.1, 0.15) is 33.5 Å². The van der Waals surface area contributed by atoms with E-state index in [0.29, 0.717) is 11.3 Å². The molecule has 2 N–H and O–H groups in total. The average molecular weight is 323 g/mol. The van der Waals surface area contributed by atoms with Crippen LogP contribution < -0.4 is 10.5 Å². The van der Waals surface area contributed by atoms with Gasteiger partial charge in [-0.1, -0.05) is 6.07 Å². The fourth-order valence-corrected chi connectivity index (χ4v) is 2.66. The number of carbonyl (C=O) groups is 1. The Morgan fingerprint density at radius 2 is 2.18 bits per heavy atom. The van der Waals surface area contributed by atoms with Crippen molar-refractivity contribution in [2.24, 2.45) is 5.73 Å². The smallest absolute Gasteiger partial charge is 0.248 e. The molecule has 6 heteroatoms. The molecule has 0 saturated heterocycles. The Morgan fingerprint density at radius 1 is 1.41 bits per heavy atom. The van der Waals surface area contributed by atoms with Gasteiger partial charge in [0.05, 0.1) is 6.54 Å². The first-order chi connectivity index (χ1) is 10.0. The second kappa shape index (κ2) is 6.42. The minimum absolute atomic E-state index is 0. The van der Waals surface area contributed by atoms with Gasteiger partial charge in [-0.05, 0) is 38.2 Å². The molecule has 2 aromatic rings. The summed E-state index contributed by atoms with van der Waals surface area (Å²) in [6, 6.07) is 8.96. The van der Waals surface area contributed by atoms with Crippen LogP contribution in [0, 0.1) is 6.92 Å². The summed E-state index contributed by atoms with van der Waals surface area (Å²) in [7, 11) is 2.02. The number of furan rings is 1. The largest absolute Gasteiger partial charge is 0.484 e. The molecule has 0 bridgehead atoms. The molecule has 1 aliphatic heterocycles. The molecule has 0 radical (unpaired) electrons. The van der Waals surface area contributed by atoms with Crippen LogP contribution in [0.4, 0.5) is 0 Å². The van der Waals surface area contributed by atoms with Crippen molar-refractivity contribution in [3.05, 3.63) is 53.0 Å². The summed E-state index contributed by atoms with van der Waals surface area (Å²) in [5.74, 6) is 2.00. The summed E-state index contributed by atoms with van der Waals surface area (Å²) >= 11 is 0. The molecule has 1 aromatic heterocycles. The maximum absolute atomic E-state index is 11.2. The van der Waals surface area contributed by atoms with Gasteiger partial charge in [0.2, 0.25) is 5.91 Å². The number of likely N-dealkylation sites (N-methyl/N-ethyl adjacent to an activating group) is 1. The number of halogens is 1. The third-order valence-electron chi connectivity index (χ3n) is 3.60. The zero-order chi connectivity index (χ0) is 15.0. The van der Waals surface area contributed by atoms with Crippen molar-refractivity contribution in [2.75, 3.05) is 13.6 Å². The summed E-state index contributed by atoms with van der Waals surface area (Å²) < 4.78 is 11.8. The molecule has 1 unspecified atom stereocenters. The van der Waals surface area contributed by atoms with Crippen LogP contribution >= 0.6 is 12.4 Å². The number of carbonyl (C=O) groups excluding carboxylic acids is 1. The van der Waals surface area contributed by atoms with E-state index in [0.717, 1.165) is 30.2 Å². The fraction of sp³-hybridized carbons (Fsp3) is 0.312. The lowest BCUT2D eigenvalue weighted by Gasteiger charge is -2.29. The van der Waals surface area contributed by atoms with Gasteiger partial charge in [0, 0.05) is 17.7 Å². The van der Waals surface area contributed by atoms with E-state index < -0.39 is 5.91 Å². The molecule has 5 nitrogen and oxygen atoms in total. The van der Waals surface area contributed by atoms with Crippen molar-refractivity contribution in [1.29, 1.82) is 0 Å². The third kappa shape index (κ3) is 3.26. The lowest BCUT2D eigenvalue weighted by atomic mass is 10.0. The number of rotatable bonds is 3. The summed E-state index contributed by atoms with van der Waals surface area (Å²) in [5.41, 5.74) is 6.82. The number of ether oxygens (including phenoxy) is 1. The van der Waals surface area contributed by atoms with Gasteiger partial charge in [0.25, 0.3) is 0 Å². The van der Waals surface area contributed by atoms with Crippen LogP contribution in [0.25, 0.3) is 0 Å². The molecule has 118 valence electrons. The first-order valence-corrected chi connectivity index (χ1v) is 6.87. The number of fused-ring (bicyclic) bond motifs is 1. The topological polar surface area (TPSA) is 68.7 Å². The molecule has 1 atom stereocenters. The first-order valence-electron chi connectivity index (χ1n) is 6.87. The minimum Gasteiger partial charge on any atom is -0.484 e. The predicted octanol–water partition coefficient (Wildman–Crippen LogP) is 2.67. The van der Waals surface area contributed by atoms with Gasteiger partial charge < -0.3 is 14.9 Å². The minimum atomic E-state index is -0.457. The van der Waals surface area contributed by atoms with Gasteiger partial charge in [-0.2, -0.15) is 0 Å². The molecular weight excluding hydrogens is 304 g/mol. The Balaban J connectivity index is 0.00000176. The standard InChI is InChI=1S/C16H18N2O3.ClH/c1-10-6-13-14(20-10)8-18(2)9-15(13)21-12-5-3-4-11(7-12)16(17)19;/h3-7,15H,8-9H2,1-2H3,(H2,17,19);1H. The summed E-state index contributed by atoms with van der Waals surface area (Å²) in [4.78, 5) is 13.4. The van der Waals surface area contributed by atoms with Crippen LogP contribution in [0.15, 0.2) is 34.7 Å². The van der Waals surface area contributed by atoms with E-state index in [4.69, 9.17) is 14.9 Å². The van der Waals surface area contributed by atoms with E-state index in [-0.39, 0.29) is 18.5 Å². The maximum atomic E-state index is 11.2. The molecule has 0 aliphatic carbocycles. The third-order valence-corrected chi connectivity index (χ3v) is 3.60. The summed E-state index contributed by atoms with van der Waals surface area (Å²) in [6.07, 6.45) is -0.112. The highest BCUT2D eigenvalue weighted by Gasteiger charge is 2.28. The molecule has 1 amide bonds. The van der Waals surface area contributed by atoms with Crippen molar-refractivity contribution in [1.82, 2.24) is 4.90 Å². The Kier molecular flexibility index (Phi) is 4.78. The van der Waals surface area contributed by atoms with E-state index in [9.17, 15) is 4.79 Å². The molecule has 3 rings (SSSR count). The first kappa shape index (κ1) is 16.4. The average Bonchev–Trinajstić information content (AvgIpc) is 2.79. The van der Waals surface area contributed by atoms with E-state index in [1.165, 1.54) is 0 Å². The van der Waals surface area contributed by atoms with E-state index in [1.54, 1.807) is 18.2 Å². The number of benzene rings is 1. The van der Waals surface area contributed by atoms with Crippen LogP contribution in [0.3, 0.4) is 0 Å². The number of primary amides is 1. The number of hydrogen-bond acceptors (Lipinski definition) is 4. The van der Waals surface area contributed by atoms with Gasteiger partial charge in [-0.25, -0.2) is 0 Å². The van der Waals surface area contributed by atoms with Gasteiger partial charge >= 0.3 is 0 Å². The van der Waals surface area contributed by atoms with Crippen molar-refractivity contribution in [3.63, 3.8) is 0 Å². The highest BCUT2D eigenvalue weighted by atomic mass is 35.5. The Morgan fingerprint density at radius 3 is 2.91 bits per heavy atom. The van der Waals surface area contributed by atoms with E-state index in [1.807, 2.05) is 26.1 Å². The highest BCUT2D eigenvalue weighted by Crippen LogP contribution is 2.32. The summed E-state index contributed by atoms with van der Waals surface area (Å²) in [5, 5.41) is 0. The molecule has 1 aliphatic rings. The molecular formula is C16H19ClN2O3. The lowest BCUT2D eigenvalue weighted by Crippen LogP contribution is -2.32. The second-order valence-corrected chi connectivity index (χ2v) is 5.43. The number of amides is 1. The van der Waals surface area contributed by atoms with Crippen molar-refractivity contribution in [2.45, 2.75) is 19.6 Å². The monoisotopic (exact) mass is 322 g/mol. The maximum Gasteiger partial charge on any atom is 0.248 e. The van der Waals surface area contributed by atoms with Gasteiger partial charge in [-0.15, -0.1) is 12.4 Å². The van der Waals surface area contributed by atoms with Crippen molar-refractivity contribution >= 4 is 18.3 Å². The molecule has 0 fully saturated rings. The summed E-state index contributed by atoms with van der Waals surface area (Å²) in [6.45, 7) is 3.49. The molecule has 2 heterocycles. The zero-order valence-corrected chi connectivity index (χ0v) is 13.4. The lowest BCUT2D eigenvalue weighted by molar-refractivity contribution is 0.0997. The Labute approximate surface area is 135 Å². The van der Waals surface area contributed by atoms with E-state index in [2.05, 4.69) is 4.90 Å². The Hall–Kier alpha value is -1.98. The van der Waals surface area contributed by atoms with Crippen LogP contribution in [-0.4, -0.2) is 24.4 Å².